The fourth-order valence-electron chi connectivity index (χ4n) is 6.26. The molecular formula is C26H35N3O16. The third-order valence-corrected chi connectivity index (χ3v) is 8.87. The second-order valence-electron chi connectivity index (χ2n) is 11.5. The Morgan fingerprint density at radius 2 is 1.38 bits per heavy atom. The predicted molar refractivity (Wildman–Crippen MR) is 139 cm³/mol. The average Bonchev–Trinajstić information content (AvgIpc) is 3.59. The van der Waals surface area contributed by atoms with Crippen LogP contribution in [0.1, 0.15) is 20.7 Å². The summed E-state index contributed by atoms with van der Waals surface area (Å²) in [4.78, 5) is 27.8. The van der Waals surface area contributed by atoms with E-state index in [0.29, 0.717) is 4.90 Å². The van der Waals surface area contributed by atoms with Crippen molar-refractivity contribution in [3.8, 4) is 0 Å². The number of ether oxygens (including phenoxy) is 6. The Morgan fingerprint density at radius 1 is 0.822 bits per heavy atom. The van der Waals surface area contributed by atoms with Crippen LogP contribution in [-0.2, 0) is 28.4 Å². The Morgan fingerprint density at radius 3 is 1.96 bits per heavy atom. The van der Waals surface area contributed by atoms with Crippen LogP contribution in [-0.4, -0.2) is 169 Å². The topological polar surface area (TPSA) is 310 Å². The van der Waals surface area contributed by atoms with Gasteiger partial charge in [-0.25, -0.2) is 0 Å². The smallest absolute Gasteiger partial charge is 0.262 e. The Balaban J connectivity index is 1.34. The van der Waals surface area contributed by atoms with E-state index in [9.17, 15) is 50.4 Å². The molecule has 0 bridgehead atoms. The van der Waals surface area contributed by atoms with E-state index in [-0.39, 0.29) is 11.1 Å². The number of fused-ring (bicyclic) bond motifs is 2. The third kappa shape index (κ3) is 4.92. The maximum Gasteiger partial charge on any atom is 0.262 e. The van der Waals surface area contributed by atoms with Gasteiger partial charge in [0.2, 0.25) is 0 Å². The molecule has 1 aromatic rings. The van der Waals surface area contributed by atoms with E-state index in [2.05, 4.69) is 0 Å². The van der Waals surface area contributed by atoms with E-state index in [1.165, 1.54) is 24.3 Å². The summed E-state index contributed by atoms with van der Waals surface area (Å²) in [6.45, 7) is -2.59. The third-order valence-electron chi connectivity index (χ3n) is 8.87. The maximum absolute atomic E-state index is 13.6. The van der Waals surface area contributed by atoms with Crippen molar-refractivity contribution in [2.45, 2.75) is 91.3 Å². The first kappa shape index (κ1) is 32.7. The molecule has 4 fully saturated rings. The van der Waals surface area contributed by atoms with E-state index in [4.69, 9.17) is 39.9 Å². The molecule has 5 aliphatic heterocycles. The lowest BCUT2D eigenvalue weighted by atomic mass is 9.93. The Hall–Kier alpha value is -2.28. The Labute approximate surface area is 253 Å². The van der Waals surface area contributed by atoms with Crippen LogP contribution in [0, 0.1) is 0 Å². The minimum absolute atomic E-state index is 0.00886. The molecule has 1 aromatic carbocycles. The number of epoxide rings is 1. The first-order valence-corrected chi connectivity index (χ1v) is 14.1. The Bertz CT molecular complexity index is 1270. The van der Waals surface area contributed by atoms with Crippen LogP contribution >= 0.6 is 0 Å². The van der Waals surface area contributed by atoms with Gasteiger partial charge in [-0.1, -0.05) is 12.1 Å². The van der Waals surface area contributed by atoms with Crippen LogP contribution in [0.5, 0.6) is 0 Å². The van der Waals surface area contributed by atoms with E-state index >= 15 is 0 Å². The monoisotopic (exact) mass is 645 g/mol. The number of amides is 2. The first-order chi connectivity index (χ1) is 21.3. The zero-order valence-electron chi connectivity index (χ0n) is 23.4. The van der Waals surface area contributed by atoms with Crippen LogP contribution in [0.4, 0.5) is 0 Å². The minimum Gasteiger partial charge on any atom is -0.394 e. The van der Waals surface area contributed by atoms with Crippen LogP contribution in [0.25, 0.3) is 0 Å². The molecule has 0 aromatic heterocycles. The van der Waals surface area contributed by atoms with Crippen LogP contribution in [0.15, 0.2) is 24.3 Å². The fraction of sp³-hybridized carbons (Fsp3) is 0.692. The van der Waals surface area contributed by atoms with Crippen molar-refractivity contribution in [3.63, 3.8) is 0 Å². The summed E-state index contributed by atoms with van der Waals surface area (Å²) in [6.07, 6.45) is -16.8. The van der Waals surface area contributed by atoms with Crippen molar-refractivity contribution in [2.75, 3.05) is 19.8 Å². The van der Waals surface area contributed by atoms with E-state index in [1.54, 1.807) is 0 Å². The lowest BCUT2D eigenvalue weighted by Crippen LogP contribution is -2.70. The minimum atomic E-state index is -2.35. The summed E-state index contributed by atoms with van der Waals surface area (Å²) < 4.78 is 33.5. The van der Waals surface area contributed by atoms with Gasteiger partial charge in [-0.15, -0.1) is 0 Å². The molecule has 5 aliphatic rings. The molecule has 6 rings (SSSR count). The molecule has 12 N–H and O–H groups in total. The molecule has 45 heavy (non-hydrogen) atoms. The number of carbonyl (C=O) groups is 2. The number of nitrogens with zero attached hydrogens (tertiary/aromatic N) is 1. The van der Waals surface area contributed by atoms with Gasteiger partial charge < -0.3 is 80.7 Å². The van der Waals surface area contributed by atoms with Gasteiger partial charge in [0.05, 0.1) is 36.4 Å². The first-order valence-electron chi connectivity index (χ1n) is 14.1. The summed E-state index contributed by atoms with van der Waals surface area (Å²) >= 11 is 0. The van der Waals surface area contributed by atoms with E-state index < -0.39 is 123 Å². The van der Waals surface area contributed by atoms with Crippen LogP contribution in [0.3, 0.4) is 0 Å². The molecule has 0 radical (unpaired) electrons. The molecule has 5 heterocycles. The summed E-state index contributed by atoms with van der Waals surface area (Å²) in [5, 5.41) is 83.5. The predicted octanol–water partition coefficient (Wildman–Crippen LogP) is -6.65. The highest BCUT2D eigenvalue weighted by Gasteiger charge is 2.80. The van der Waals surface area contributed by atoms with Crippen molar-refractivity contribution in [1.29, 1.82) is 0 Å². The number of rotatable bonds is 8. The fourth-order valence-corrected chi connectivity index (χ4v) is 6.26. The molecule has 250 valence electrons. The molecule has 0 saturated carbocycles. The summed E-state index contributed by atoms with van der Waals surface area (Å²) in [5.41, 5.74) is 11.8. The Kier molecular flexibility index (Phi) is 8.53. The molecule has 15 atom stereocenters. The number of hydrogen-bond acceptors (Lipinski definition) is 18. The lowest BCUT2D eigenvalue weighted by Gasteiger charge is -2.50. The van der Waals surface area contributed by atoms with Crippen molar-refractivity contribution in [3.05, 3.63) is 35.4 Å². The maximum atomic E-state index is 13.6. The van der Waals surface area contributed by atoms with Gasteiger partial charge in [-0.3, -0.25) is 14.5 Å². The van der Waals surface area contributed by atoms with Crippen molar-refractivity contribution < 1.29 is 78.9 Å². The number of imide groups is 1. The van der Waals surface area contributed by atoms with Crippen LogP contribution < -0.4 is 11.5 Å². The van der Waals surface area contributed by atoms with Crippen molar-refractivity contribution in [1.82, 2.24) is 4.90 Å². The van der Waals surface area contributed by atoms with Gasteiger partial charge in [0.25, 0.3) is 23.4 Å². The molecular weight excluding hydrogens is 610 g/mol. The highest BCUT2D eigenvalue weighted by molar-refractivity contribution is 6.21. The largest absolute Gasteiger partial charge is 0.394 e. The normalized spacial score (nSPS) is 47.9. The molecule has 19 nitrogen and oxygen atoms in total. The number of aliphatic hydroxyl groups excluding tert-OH is 7. The molecule has 4 saturated heterocycles. The summed E-state index contributed by atoms with van der Waals surface area (Å²) in [7, 11) is 0. The molecule has 2 unspecified atom stereocenters. The molecule has 0 spiro atoms. The van der Waals surface area contributed by atoms with Gasteiger partial charge >= 0.3 is 0 Å². The van der Waals surface area contributed by atoms with Crippen LogP contribution in [0.2, 0.25) is 0 Å². The van der Waals surface area contributed by atoms with E-state index in [0.717, 1.165) is 0 Å². The zero-order valence-corrected chi connectivity index (χ0v) is 23.4. The van der Waals surface area contributed by atoms with Gasteiger partial charge in [-0.05, 0) is 12.1 Å². The SMILES string of the molecule is N[C@H]1[C@@H](OC2[C@@H](CO)O[C@@H](OC3[C@@H](CO)O[C@@H](O)[C@H](N)[C@H]3O)[C@H](N3C(=O)c4ccccc4C3=O)[C@H]2O)O[C@]2(CO)O[C@@]2(O)[C@@H]1O. The highest BCUT2D eigenvalue weighted by Crippen LogP contribution is 2.54. The van der Waals surface area contributed by atoms with Gasteiger partial charge in [-0.2, -0.15) is 0 Å². The highest BCUT2D eigenvalue weighted by atomic mass is 16.9. The van der Waals surface area contributed by atoms with E-state index in [1.807, 2.05) is 0 Å². The average molecular weight is 646 g/mol. The summed E-state index contributed by atoms with van der Waals surface area (Å²) in [6, 6.07) is 1.06. The summed E-state index contributed by atoms with van der Waals surface area (Å²) in [5.74, 6) is -6.18. The lowest BCUT2D eigenvalue weighted by molar-refractivity contribution is -0.355. The number of hydrogen-bond donors (Lipinski definition) is 10. The standard InChI is InChI=1S/C26H35N3O16/c27-12-15(33)17(10(5-30)40-22(12)38)43-24-14(29-20(36)8-3-1-2-4-9(8)21(29)37)16(34)18(11(6-31)41-24)42-23-13(28)19(35)26(39)25(7-32,44-23)45-26/h1-4,10-19,22-24,30-35,38-39H,5-7,27-28H2/t10-,11-,12-,13-,14-,15-,16-,17?,18?,19-,22-,23+,24+,25-,26+/m1/s1. The molecule has 19 heteroatoms. The second-order valence-corrected chi connectivity index (χ2v) is 11.5. The van der Waals surface area contributed by atoms with Crippen molar-refractivity contribution in [2.24, 2.45) is 11.5 Å². The quantitative estimate of drug-likeness (QED) is 0.0927. The number of benzene rings is 1. The molecule has 0 aliphatic carbocycles. The number of aliphatic hydroxyl groups is 8. The van der Waals surface area contributed by atoms with Crippen molar-refractivity contribution >= 4 is 11.8 Å². The second kappa shape index (κ2) is 11.8. The number of nitrogens with two attached hydrogens (primary N) is 2. The molecule has 2 amide bonds. The zero-order chi connectivity index (χ0) is 32.6. The van der Waals surface area contributed by atoms with Gasteiger partial charge in [0.15, 0.2) is 18.9 Å². The van der Waals surface area contributed by atoms with Gasteiger partial charge in [0, 0.05) is 0 Å². The number of carbonyl (C=O) groups excluding carboxylic acids is 2. The van der Waals surface area contributed by atoms with Gasteiger partial charge in [0.1, 0.15) is 55.4 Å².